The third kappa shape index (κ3) is 7.83. The van der Waals surface area contributed by atoms with Crippen LogP contribution in [0.4, 0.5) is 4.79 Å². The van der Waals surface area contributed by atoms with E-state index in [1.807, 2.05) is 30.4 Å². The van der Waals surface area contributed by atoms with E-state index < -0.39 is 86.2 Å². The number of benzene rings is 1. The fourth-order valence-electron chi connectivity index (χ4n) is 7.09. The lowest BCUT2D eigenvalue weighted by atomic mass is 9.85. The first-order valence-corrected chi connectivity index (χ1v) is 19.1. The maximum absolute atomic E-state index is 14.3. The summed E-state index contributed by atoms with van der Waals surface area (Å²) in [6.45, 7) is 9.44. The summed E-state index contributed by atoms with van der Waals surface area (Å²) in [5, 5.41) is 8.04. The Bertz CT molecular complexity index is 1750. The molecule has 1 aromatic carbocycles. The highest BCUT2D eigenvalue weighted by Crippen LogP contribution is 2.45. The molecule has 4 N–H and O–H groups in total. The van der Waals surface area contributed by atoms with Crippen LogP contribution in [0.25, 0.3) is 6.08 Å². The van der Waals surface area contributed by atoms with Crippen LogP contribution >= 0.6 is 0 Å². The zero-order chi connectivity index (χ0) is 36.7. The van der Waals surface area contributed by atoms with Crippen molar-refractivity contribution in [3.8, 4) is 0 Å². The molecule has 1 aromatic rings. The fourth-order valence-corrected chi connectivity index (χ4v) is 8.46. The third-order valence-electron chi connectivity index (χ3n) is 10.3. The highest BCUT2D eigenvalue weighted by atomic mass is 32.2. The summed E-state index contributed by atoms with van der Waals surface area (Å²) in [4.78, 5) is 69.7. The van der Waals surface area contributed by atoms with Crippen LogP contribution in [-0.2, 0) is 51.6 Å². The van der Waals surface area contributed by atoms with Crippen LogP contribution in [0.5, 0.6) is 0 Å². The number of alkyl carbamates (subject to hydrolysis) is 1. The van der Waals surface area contributed by atoms with Gasteiger partial charge < -0.3 is 25.0 Å². The molecule has 4 amide bonds. The summed E-state index contributed by atoms with van der Waals surface area (Å²) in [5.74, 6) is -3.25. The average molecular weight is 726 g/mol. The maximum atomic E-state index is 14.3. The number of nitrogens with one attached hydrogen (secondary N) is 4. The van der Waals surface area contributed by atoms with Gasteiger partial charge in [0.15, 0.2) is 0 Å². The topological polar surface area (TPSA) is 189 Å². The Morgan fingerprint density at radius 1 is 1.16 bits per heavy atom. The van der Waals surface area contributed by atoms with Crippen LogP contribution in [0.1, 0.15) is 76.0 Å². The molecule has 0 aromatic heterocycles. The minimum atomic E-state index is -3.91. The number of amides is 4. The standard InChI is InChI=1S/C36H47N5O9S/c1-5-23-18-36(23,33(45)40-51(47,48)25-13-14-25)39-30(42)28-17-24-20-41(28)31(43)29(35(2,3)4)38-34(46)49-15-8-6-7-10-21-11-9-12-22-16-27(32(44)50-24)37-19-26(21)22/h5,7,9-12,23-25,27-29,37H,1,6,8,13-20H2,2-4H3,(H,38,46)(H,39,42)(H,40,45)/b10-7+/t23-,24-,27?,28+,29-,36-/m1/s1. The number of hydrogen-bond donors (Lipinski definition) is 4. The third-order valence-corrected chi connectivity index (χ3v) is 12.2. The monoisotopic (exact) mass is 725 g/mol. The molecule has 2 saturated carbocycles. The molecule has 14 nitrogen and oxygen atoms in total. The van der Waals surface area contributed by atoms with Gasteiger partial charge in [-0.15, -0.1) is 6.58 Å². The summed E-state index contributed by atoms with van der Waals surface area (Å²) in [6, 6.07) is 2.92. The van der Waals surface area contributed by atoms with Crippen molar-refractivity contribution >= 4 is 45.9 Å². The molecule has 276 valence electrons. The van der Waals surface area contributed by atoms with E-state index in [0.717, 1.165) is 16.7 Å². The van der Waals surface area contributed by atoms with E-state index in [-0.39, 0.29) is 26.0 Å². The van der Waals surface area contributed by atoms with E-state index in [9.17, 15) is 32.4 Å². The molecular formula is C36H47N5O9S. The first kappa shape index (κ1) is 36.5. The SMILES string of the molecule is C=C[C@@H]1C[C@]1(NC(=O)[C@@H]1C[C@@H]2CN1C(=O)[C@H](C(C)(C)C)NC(=O)OCCC/C=C/c1cccc3c1CNC(C3)C(=O)O2)C(=O)NS(=O)(=O)C1CC1. The van der Waals surface area contributed by atoms with Crippen molar-refractivity contribution in [3.05, 3.63) is 53.6 Å². The van der Waals surface area contributed by atoms with Gasteiger partial charge in [-0.2, -0.15) is 0 Å². The highest BCUT2D eigenvalue weighted by Gasteiger charge is 2.62. The molecule has 4 aliphatic heterocycles. The van der Waals surface area contributed by atoms with Crippen LogP contribution in [-0.4, -0.2) is 91.3 Å². The molecule has 6 atom stereocenters. The predicted molar refractivity (Wildman–Crippen MR) is 186 cm³/mol. The number of allylic oxidation sites excluding steroid dienone is 1. The average Bonchev–Trinajstić information content (AvgIpc) is 4.00. The molecule has 6 bridgehead atoms. The van der Waals surface area contributed by atoms with Crippen LogP contribution in [0.3, 0.4) is 0 Å². The molecule has 3 fully saturated rings. The normalized spacial score (nSPS) is 30.7. The van der Waals surface area contributed by atoms with Crippen molar-refractivity contribution < 1.29 is 41.9 Å². The van der Waals surface area contributed by atoms with Crippen molar-refractivity contribution in [2.75, 3.05) is 13.2 Å². The number of fused-ring (bicyclic) bond motifs is 10. The summed E-state index contributed by atoms with van der Waals surface area (Å²) in [6.07, 6.45) is 6.35. The predicted octanol–water partition coefficient (Wildman–Crippen LogP) is 1.83. The van der Waals surface area contributed by atoms with Crippen LogP contribution < -0.4 is 20.7 Å². The van der Waals surface area contributed by atoms with E-state index in [4.69, 9.17) is 9.47 Å². The Hall–Kier alpha value is -4.24. The Labute approximate surface area is 298 Å². The van der Waals surface area contributed by atoms with Crippen molar-refractivity contribution in [2.45, 2.75) is 107 Å². The lowest BCUT2D eigenvalue weighted by Crippen LogP contribution is -2.60. The van der Waals surface area contributed by atoms with Gasteiger partial charge in [0.2, 0.25) is 21.8 Å². The second-order valence-corrected chi connectivity index (χ2v) is 17.2. The first-order chi connectivity index (χ1) is 24.1. The number of sulfonamides is 1. The number of nitrogens with zero attached hydrogens (tertiary/aromatic N) is 1. The number of esters is 1. The van der Waals surface area contributed by atoms with E-state index in [2.05, 4.69) is 27.3 Å². The molecule has 51 heavy (non-hydrogen) atoms. The van der Waals surface area contributed by atoms with Crippen LogP contribution in [0.15, 0.2) is 36.9 Å². The number of ether oxygens (including phenoxy) is 2. The first-order valence-electron chi connectivity index (χ1n) is 17.6. The second kappa shape index (κ2) is 14.1. The molecule has 1 unspecified atom stereocenters. The van der Waals surface area contributed by atoms with E-state index in [0.29, 0.717) is 38.6 Å². The molecule has 0 radical (unpaired) electrons. The largest absolute Gasteiger partial charge is 0.459 e. The number of rotatable bonds is 6. The van der Waals surface area contributed by atoms with Gasteiger partial charge in [0.05, 0.1) is 18.4 Å². The van der Waals surface area contributed by atoms with Gasteiger partial charge in [0.1, 0.15) is 29.8 Å². The molecular weight excluding hydrogens is 678 g/mol. The number of hydrogen-bond acceptors (Lipinski definition) is 10. The molecule has 15 heteroatoms. The van der Waals surface area contributed by atoms with Gasteiger partial charge in [-0.3, -0.25) is 29.2 Å². The second-order valence-electron chi connectivity index (χ2n) is 15.2. The van der Waals surface area contributed by atoms with Gasteiger partial charge in [-0.05, 0) is 60.6 Å². The fraction of sp³-hybridized carbons (Fsp3) is 0.583. The molecule has 2 aliphatic carbocycles. The van der Waals surface area contributed by atoms with Crippen molar-refractivity contribution in [3.63, 3.8) is 0 Å². The Balaban J connectivity index is 1.27. The summed E-state index contributed by atoms with van der Waals surface area (Å²) < 4.78 is 38.8. The van der Waals surface area contributed by atoms with E-state index >= 15 is 0 Å². The van der Waals surface area contributed by atoms with Crippen LogP contribution in [0.2, 0.25) is 0 Å². The minimum absolute atomic E-state index is 0.0836. The molecule has 1 saturated heterocycles. The lowest BCUT2D eigenvalue weighted by molar-refractivity contribution is -0.152. The molecule has 0 spiro atoms. The van der Waals surface area contributed by atoms with Gasteiger partial charge in [-0.1, -0.05) is 57.2 Å². The van der Waals surface area contributed by atoms with E-state index in [1.165, 1.54) is 11.0 Å². The summed E-state index contributed by atoms with van der Waals surface area (Å²) in [5.41, 5.74) is 0.704. The van der Waals surface area contributed by atoms with Gasteiger partial charge in [-0.25, -0.2) is 13.2 Å². The zero-order valence-corrected chi connectivity index (χ0v) is 30.1. The summed E-state index contributed by atoms with van der Waals surface area (Å²) in [7, 11) is -3.91. The number of carbonyl (C=O) groups excluding carboxylic acids is 5. The minimum Gasteiger partial charge on any atom is -0.459 e. The maximum Gasteiger partial charge on any atom is 0.407 e. The summed E-state index contributed by atoms with van der Waals surface area (Å²) >= 11 is 0. The Morgan fingerprint density at radius 3 is 2.61 bits per heavy atom. The molecule has 6 aliphatic rings. The lowest BCUT2D eigenvalue weighted by Gasteiger charge is -2.35. The van der Waals surface area contributed by atoms with Gasteiger partial charge >= 0.3 is 12.1 Å². The quantitative estimate of drug-likeness (QED) is 0.249. The smallest absolute Gasteiger partial charge is 0.407 e. The Kier molecular flexibility index (Phi) is 10.1. The van der Waals surface area contributed by atoms with Crippen LogP contribution in [0, 0.1) is 11.3 Å². The van der Waals surface area contributed by atoms with Crippen molar-refractivity contribution in [1.29, 1.82) is 0 Å². The molecule has 4 heterocycles. The Morgan fingerprint density at radius 2 is 1.92 bits per heavy atom. The van der Waals surface area contributed by atoms with Gasteiger partial charge in [0, 0.05) is 18.9 Å². The highest BCUT2D eigenvalue weighted by molar-refractivity contribution is 7.91. The van der Waals surface area contributed by atoms with E-state index in [1.54, 1.807) is 20.8 Å². The molecule has 7 rings (SSSR count). The van der Waals surface area contributed by atoms with Crippen molar-refractivity contribution in [2.24, 2.45) is 11.3 Å². The van der Waals surface area contributed by atoms with Crippen molar-refractivity contribution in [1.82, 2.24) is 25.6 Å². The van der Waals surface area contributed by atoms with Gasteiger partial charge in [0.25, 0.3) is 5.91 Å². The zero-order valence-electron chi connectivity index (χ0n) is 29.2. The number of carbonyl (C=O) groups is 5.